The van der Waals surface area contributed by atoms with E-state index in [-0.39, 0.29) is 11.7 Å². The smallest absolute Gasteiger partial charge is 0.406 e. The molecule has 1 saturated heterocycles. The fourth-order valence-electron chi connectivity index (χ4n) is 3.07. The third-order valence-electron chi connectivity index (χ3n) is 4.37. The Morgan fingerprint density at radius 2 is 1.67 bits per heavy atom. The summed E-state index contributed by atoms with van der Waals surface area (Å²) in [6.45, 7) is 3.76. The normalized spacial score (nSPS) is 15.4. The summed E-state index contributed by atoms with van der Waals surface area (Å²) in [6.07, 6.45) is -4.73. The van der Waals surface area contributed by atoms with Crippen molar-refractivity contribution in [2.45, 2.75) is 6.36 Å². The molecule has 0 radical (unpaired) electrons. The number of nitrogens with one attached hydrogen (secondary N) is 2. The average molecular weight is 380 g/mol. The first-order chi connectivity index (χ1) is 12.9. The molecule has 0 atom stereocenters. The maximum absolute atomic E-state index is 12.2. The number of piperazine rings is 1. The van der Waals surface area contributed by atoms with Gasteiger partial charge in [-0.25, -0.2) is 0 Å². The fourth-order valence-corrected chi connectivity index (χ4v) is 3.07. The maximum atomic E-state index is 12.2. The van der Waals surface area contributed by atoms with Gasteiger partial charge < -0.3 is 19.9 Å². The molecule has 3 rings (SSSR count). The number of amides is 1. The minimum atomic E-state index is -4.73. The molecular weight excluding hydrogens is 359 g/mol. The highest BCUT2D eigenvalue weighted by atomic mass is 19.4. The van der Waals surface area contributed by atoms with Gasteiger partial charge in [-0.3, -0.25) is 4.79 Å². The molecule has 5 nitrogen and oxygen atoms in total. The molecule has 144 valence electrons. The zero-order chi connectivity index (χ0) is 19.3. The second kappa shape index (κ2) is 8.30. The van der Waals surface area contributed by atoms with Gasteiger partial charge in [-0.2, -0.15) is 0 Å². The number of para-hydroxylation sites is 1. The zero-order valence-electron chi connectivity index (χ0n) is 14.6. The summed E-state index contributed by atoms with van der Waals surface area (Å²) >= 11 is 0. The lowest BCUT2D eigenvalue weighted by molar-refractivity contribution is -0.892. The van der Waals surface area contributed by atoms with Crippen LogP contribution in [0.25, 0.3) is 0 Å². The minimum Gasteiger partial charge on any atom is -0.406 e. The molecule has 0 aromatic heterocycles. The van der Waals surface area contributed by atoms with Gasteiger partial charge in [0.1, 0.15) is 5.75 Å². The van der Waals surface area contributed by atoms with Gasteiger partial charge in [0.2, 0.25) is 0 Å². The zero-order valence-corrected chi connectivity index (χ0v) is 14.6. The van der Waals surface area contributed by atoms with Crippen LogP contribution in [0.5, 0.6) is 5.75 Å². The number of hydrogen-bond donors (Lipinski definition) is 2. The molecule has 0 saturated carbocycles. The number of anilines is 2. The van der Waals surface area contributed by atoms with Crippen LogP contribution in [0, 0.1) is 0 Å². The lowest BCUT2D eigenvalue weighted by atomic mass is 10.2. The molecule has 27 heavy (non-hydrogen) atoms. The molecule has 0 spiro atoms. The van der Waals surface area contributed by atoms with Gasteiger partial charge in [-0.15, -0.1) is 13.2 Å². The second-order valence-electron chi connectivity index (χ2n) is 6.37. The number of nitrogens with zero attached hydrogens (tertiary/aromatic N) is 1. The van der Waals surface area contributed by atoms with Gasteiger partial charge in [-0.05, 0) is 36.4 Å². The summed E-state index contributed by atoms with van der Waals surface area (Å²) in [5.41, 5.74) is 1.62. The van der Waals surface area contributed by atoms with E-state index in [0.717, 1.165) is 26.2 Å². The Balaban J connectivity index is 1.45. The first-order valence-corrected chi connectivity index (χ1v) is 8.68. The van der Waals surface area contributed by atoms with Gasteiger partial charge in [0.15, 0.2) is 6.54 Å². The largest absolute Gasteiger partial charge is 0.573 e. The molecule has 2 aromatic carbocycles. The molecule has 0 unspecified atom stereocenters. The lowest BCUT2D eigenvalue weighted by Gasteiger charge is -2.33. The van der Waals surface area contributed by atoms with E-state index >= 15 is 0 Å². The number of rotatable bonds is 5. The average Bonchev–Trinajstić information content (AvgIpc) is 2.63. The maximum Gasteiger partial charge on any atom is 0.573 e. The van der Waals surface area contributed by atoms with Crippen LogP contribution in [0.1, 0.15) is 0 Å². The molecule has 2 aromatic rings. The third-order valence-corrected chi connectivity index (χ3v) is 4.37. The molecule has 1 amide bonds. The summed E-state index contributed by atoms with van der Waals surface area (Å²) < 4.78 is 40.3. The molecule has 1 heterocycles. The van der Waals surface area contributed by atoms with Crippen LogP contribution in [-0.2, 0) is 4.79 Å². The van der Waals surface area contributed by atoms with Crippen LogP contribution in [0.3, 0.4) is 0 Å². The van der Waals surface area contributed by atoms with Crippen LogP contribution < -0.4 is 19.9 Å². The van der Waals surface area contributed by atoms with Crippen molar-refractivity contribution in [2.24, 2.45) is 0 Å². The van der Waals surface area contributed by atoms with Crippen molar-refractivity contribution in [2.75, 3.05) is 42.9 Å². The molecule has 2 N–H and O–H groups in total. The number of quaternary nitrogens is 1. The summed E-state index contributed by atoms with van der Waals surface area (Å²) in [7, 11) is 0. The summed E-state index contributed by atoms with van der Waals surface area (Å²) in [4.78, 5) is 15.7. The van der Waals surface area contributed by atoms with Crippen molar-refractivity contribution < 1.29 is 27.6 Å². The van der Waals surface area contributed by atoms with Crippen LogP contribution in [0.15, 0.2) is 54.6 Å². The Morgan fingerprint density at radius 3 is 2.26 bits per heavy atom. The van der Waals surface area contributed by atoms with Crippen molar-refractivity contribution in [1.82, 2.24) is 0 Å². The van der Waals surface area contributed by atoms with E-state index in [1.807, 2.05) is 18.2 Å². The molecule has 8 heteroatoms. The predicted octanol–water partition coefficient (Wildman–Crippen LogP) is 1.93. The number of hydrogen-bond acceptors (Lipinski definition) is 3. The molecule has 1 fully saturated rings. The summed E-state index contributed by atoms with van der Waals surface area (Å²) in [5.74, 6) is -0.481. The SMILES string of the molecule is O=C(C[NH+]1CCN(c2ccccc2)CC1)Nc1ccc(OC(F)(F)F)cc1. The molecule has 0 bridgehead atoms. The molecule has 0 aliphatic carbocycles. The van der Waals surface area contributed by atoms with Gasteiger partial charge in [-0.1, -0.05) is 18.2 Å². The van der Waals surface area contributed by atoms with E-state index in [1.54, 1.807) is 0 Å². The number of alkyl halides is 3. The van der Waals surface area contributed by atoms with Crippen LogP contribution >= 0.6 is 0 Å². The Hall–Kier alpha value is -2.74. The number of carbonyl (C=O) groups is 1. The van der Waals surface area contributed by atoms with E-state index in [0.29, 0.717) is 12.2 Å². The van der Waals surface area contributed by atoms with Crippen molar-refractivity contribution in [3.63, 3.8) is 0 Å². The fraction of sp³-hybridized carbons (Fsp3) is 0.316. The number of halogens is 3. The van der Waals surface area contributed by atoms with Crippen molar-refractivity contribution in [1.29, 1.82) is 0 Å². The van der Waals surface area contributed by atoms with Crippen LogP contribution in [0.2, 0.25) is 0 Å². The van der Waals surface area contributed by atoms with E-state index in [2.05, 4.69) is 27.1 Å². The van der Waals surface area contributed by atoms with Crippen molar-refractivity contribution in [3.8, 4) is 5.75 Å². The van der Waals surface area contributed by atoms with Gasteiger partial charge in [0.25, 0.3) is 5.91 Å². The van der Waals surface area contributed by atoms with Gasteiger partial charge >= 0.3 is 6.36 Å². The van der Waals surface area contributed by atoms with E-state index in [9.17, 15) is 18.0 Å². The third kappa shape index (κ3) is 5.89. The highest BCUT2D eigenvalue weighted by molar-refractivity contribution is 5.91. The molecule has 1 aliphatic rings. The lowest BCUT2D eigenvalue weighted by Crippen LogP contribution is -3.15. The second-order valence-corrected chi connectivity index (χ2v) is 6.37. The highest BCUT2D eigenvalue weighted by Crippen LogP contribution is 2.23. The molecular formula is C19H21F3N3O2+. The standard InChI is InChI=1S/C19H20F3N3O2/c20-19(21,22)27-17-8-6-15(7-9-17)23-18(26)14-24-10-12-25(13-11-24)16-4-2-1-3-5-16/h1-9H,10-14H2,(H,23,26)/p+1. The number of ether oxygens (including phenoxy) is 1. The number of carbonyl (C=O) groups excluding carboxylic acids is 1. The van der Waals surface area contributed by atoms with E-state index in [1.165, 1.54) is 34.9 Å². The van der Waals surface area contributed by atoms with Crippen molar-refractivity contribution in [3.05, 3.63) is 54.6 Å². The Kier molecular flexibility index (Phi) is 5.85. The van der Waals surface area contributed by atoms with Crippen LogP contribution in [-0.4, -0.2) is 45.0 Å². The first-order valence-electron chi connectivity index (χ1n) is 8.68. The van der Waals surface area contributed by atoms with Crippen LogP contribution in [0.4, 0.5) is 24.5 Å². The van der Waals surface area contributed by atoms with Gasteiger partial charge in [0, 0.05) is 11.4 Å². The molecule has 1 aliphatic heterocycles. The van der Waals surface area contributed by atoms with Gasteiger partial charge in [0.05, 0.1) is 26.2 Å². The minimum absolute atomic E-state index is 0.164. The van der Waals surface area contributed by atoms with E-state index in [4.69, 9.17) is 0 Å². The highest BCUT2D eigenvalue weighted by Gasteiger charge is 2.31. The number of benzene rings is 2. The predicted molar refractivity (Wildman–Crippen MR) is 96.0 cm³/mol. The Bertz CT molecular complexity index is 743. The Labute approximate surface area is 155 Å². The quantitative estimate of drug-likeness (QED) is 0.833. The topological polar surface area (TPSA) is 46.0 Å². The Morgan fingerprint density at radius 1 is 1.04 bits per heavy atom. The monoisotopic (exact) mass is 380 g/mol. The summed E-state index contributed by atoms with van der Waals surface area (Å²) in [6, 6.07) is 15.3. The van der Waals surface area contributed by atoms with E-state index < -0.39 is 6.36 Å². The first kappa shape index (κ1) is 19.0. The van der Waals surface area contributed by atoms with Crippen molar-refractivity contribution >= 4 is 17.3 Å². The summed E-state index contributed by atoms with van der Waals surface area (Å²) in [5, 5.41) is 2.71.